The normalized spacial score (nSPS) is 14.6. The zero-order valence-corrected chi connectivity index (χ0v) is 10.1. The highest BCUT2D eigenvalue weighted by atomic mass is 35.5. The minimum absolute atomic E-state index is 0.0270. The van der Waals surface area contributed by atoms with Crippen LogP contribution in [0.15, 0.2) is 12.1 Å². The lowest BCUT2D eigenvalue weighted by molar-refractivity contribution is -0.384. The summed E-state index contributed by atoms with van der Waals surface area (Å²) in [7, 11) is 0. The zero-order chi connectivity index (χ0) is 12.3. The van der Waals surface area contributed by atoms with Gasteiger partial charge in [-0.2, -0.15) is 0 Å². The first-order valence-corrected chi connectivity index (χ1v) is 6.09. The molecule has 1 aromatic rings. The third-order valence-corrected chi connectivity index (χ3v) is 3.03. The Bertz CT molecular complexity index is 421. The van der Waals surface area contributed by atoms with Crippen molar-refractivity contribution in [1.82, 2.24) is 4.98 Å². The van der Waals surface area contributed by atoms with E-state index in [-0.39, 0.29) is 16.7 Å². The number of hydrogen-bond acceptors (Lipinski definition) is 4. The molecule has 2 rings (SSSR count). The number of halogens is 1. The van der Waals surface area contributed by atoms with Gasteiger partial charge in [0.1, 0.15) is 5.15 Å². The number of aromatic nitrogens is 1. The average Bonchev–Trinajstić information content (AvgIpc) is 3.08. The quantitative estimate of drug-likeness (QED) is 0.367. The van der Waals surface area contributed by atoms with Gasteiger partial charge in [-0.05, 0) is 24.8 Å². The number of anilines is 1. The first-order chi connectivity index (χ1) is 8.16. The summed E-state index contributed by atoms with van der Waals surface area (Å²) >= 11 is 5.72. The molecule has 0 bridgehead atoms. The molecule has 0 aliphatic heterocycles. The molecule has 0 aromatic carbocycles. The van der Waals surface area contributed by atoms with Gasteiger partial charge in [0.25, 0.3) is 0 Å². The summed E-state index contributed by atoms with van der Waals surface area (Å²) in [5.41, 5.74) is -0.0270. The van der Waals surface area contributed by atoms with Crippen molar-refractivity contribution in [3.63, 3.8) is 0 Å². The third kappa shape index (κ3) is 3.56. The van der Waals surface area contributed by atoms with E-state index in [0.29, 0.717) is 6.54 Å². The first-order valence-electron chi connectivity index (χ1n) is 5.71. The van der Waals surface area contributed by atoms with Crippen LogP contribution < -0.4 is 5.32 Å². The van der Waals surface area contributed by atoms with Crippen molar-refractivity contribution < 1.29 is 4.92 Å². The third-order valence-electron chi connectivity index (χ3n) is 2.82. The van der Waals surface area contributed by atoms with Crippen LogP contribution >= 0.6 is 11.6 Å². The SMILES string of the molecule is O=[N+]([O-])c1ccc(Cl)nc1NCCCC1CC1. The molecular formula is C11H14ClN3O2. The molecule has 0 spiro atoms. The van der Waals surface area contributed by atoms with Crippen molar-refractivity contribution in [2.45, 2.75) is 25.7 Å². The topological polar surface area (TPSA) is 68.1 Å². The predicted molar refractivity (Wildman–Crippen MR) is 66.3 cm³/mol. The van der Waals surface area contributed by atoms with E-state index in [2.05, 4.69) is 10.3 Å². The van der Waals surface area contributed by atoms with Gasteiger partial charge in [-0.1, -0.05) is 24.4 Å². The van der Waals surface area contributed by atoms with Crippen molar-refractivity contribution >= 4 is 23.1 Å². The number of pyridine rings is 1. The fraction of sp³-hybridized carbons (Fsp3) is 0.545. The van der Waals surface area contributed by atoms with E-state index in [9.17, 15) is 10.1 Å². The lowest BCUT2D eigenvalue weighted by Gasteiger charge is -2.05. The second-order valence-corrected chi connectivity index (χ2v) is 4.66. The Morgan fingerprint density at radius 3 is 2.94 bits per heavy atom. The molecule has 1 N–H and O–H groups in total. The second kappa shape index (κ2) is 5.31. The minimum atomic E-state index is -0.452. The number of hydrogen-bond donors (Lipinski definition) is 1. The van der Waals surface area contributed by atoms with E-state index >= 15 is 0 Å². The predicted octanol–water partition coefficient (Wildman–Crippen LogP) is 3.25. The Hall–Kier alpha value is -1.36. The Morgan fingerprint density at radius 1 is 1.53 bits per heavy atom. The highest BCUT2D eigenvalue weighted by Gasteiger charge is 2.20. The maximum Gasteiger partial charge on any atom is 0.311 e. The summed E-state index contributed by atoms with van der Waals surface area (Å²) in [6.45, 7) is 0.699. The summed E-state index contributed by atoms with van der Waals surface area (Å²) in [6.07, 6.45) is 4.85. The van der Waals surface area contributed by atoms with Gasteiger partial charge in [0, 0.05) is 12.6 Å². The van der Waals surface area contributed by atoms with E-state index in [1.54, 1.807) is 0 Å². The molecule has 1 aliphatic carbocycles. The molecule has 0 radical (unpaired) electrons. The molecular weight excluding hydrogens is 242 g/mol. The molecule has 0 amide bonds. The van der Waals surface area contributed by atoms with Gasteiger partial charge in [-0.15, -0.1) is 0 Å². The van der Waals surface area contributed by atoms with E-state index in [4.69, 9.17) is 11.6 Å². The standard InChI is InChI=1S/C11H14ClN3O2/c12-10-6-5-9(15(16)17)11(14-10)13-7-1-2-8-3-4-8/h5-6,8H,1-4,7H2,(H,13,14). The Kier molecular flexibility index (Phi) is 3.78. The van der Waals surface area contributed by atoms with E-state index in [0.717, 1.165) is 12.3 Å². The molecule has 6 heteroatoms. The van der Waals surface area contributed by atoms with Crippen molar-refractivity contribution in [3.8, 4) is 0 Å². The van der Waals surface area contributed by atoms with Crippen LogP contribution in [-0.4, -0.2) is 16.5 Å². The molecule has 1 heterocycles. The van der Waals surface area contributed by atoms with Crippen molar-refractivity contribution in [2.75, 3.05) is 11.9 Å². The van der Waals surface area contributed by atoms with Crippen LogP contribution in [0.2, 0.25) is 5.15 Å². The van der Waals surface area contributed by atoms with Crippen LogP contribution in [0.25, 0.3) is 0 Å². The maximum absolute atomic E-state index is 10.8. The summed E-state index contributed by atoms with van der Waals surface area (Å²) in [4.78, 5) is 14.3. The molecule has 5 nitrogen and oxygen atoms in total. The monoisotopic (exact) mass is 255 g/mol. The van der Waals surface area contributed by atoms with Gasteiger partial charge in [0.2, 0.25) is 5.82 Å². The average molecular weight is 256 g/mol. The first kappa shape index (κ1) is 12.1. The second-order valence-electron chi connectivity index (χ2n) is 4.27. The van der Waals surface area contributed by atoms with Crippen LogP contribution in [0.1, 0.15) is 25.7 Å². The van der Waals surface area contributed by atoms with Gasteiger partial charge in [0.15, 0.2) is 0 Å². The van der Waals surface area contributed by atoms with Crippen LogP contribution in [0.3, 0.4) is 0 Å². The Labute approximate surface area is 104 Å². The van der Waals surface area contributed by atoms with Gasteiger partial charge < -0.3 is 5.32 Å². The lowest BCUT2D eigenvalue weighted by Crippen LogP contribution is -2.06. The van der Waals surface area contributed by atoms with Gasteiger partial charge in [-0.25, -0.2) is 4.98 Å². The van der Waals surface area contributed by atoms with Crippen LogP contribution in [-0.2, 0) is 0 Å². The smallest absolute Gasteiger partial charge is 0.311 e. The maximum atomic E-state index is 10.8. The Balaban J connectivity index is 1.92. The van der Waals surface area contributed by atoms with Crippen LogP contribution in [0.4, 0.5) is 11.5 Å². The summed E-state index contributed by atoms with van der Waals surface area (Å²) in [6, 6.07) is 2.80. The lowest BCUT2D eigenvalue weighted by atomic mass is 10.2. The molecule has 1 fully saturated rings. The molecule has 1 saturated carbocycles. The molecule has 92 valence electrons. The summed E-state index contributed by atoms with van der Waals surface area (Å²) in [5.74, 6) is 1.14. The minimum Gasteiger partial charge on any atom is -0.364 e. The van der Waals surface area contributed by atoms with Gasteiger partial charge in [0.05, 0.1) is 4.92 Å². The van der Waals surface area contributed by atoms with Crippen molar-refractivity contribution in [3.05, 3.63) is 27.4 Å². The van der Waals surface area contributed by atoms with Crippen LogP contribution in [0.5, 0.6) is 0 Å². The molecule has 1 aliphatic rings. The van der Waals surface area contributed by atoms with E-state index < -0.39 is 4.92 Å². The number of nitrogens with zero attached hydrogens (tertiary/aromatic N) is 2. The number of nitro groups is 1. The largest absolute Gasteiger partial charge is 0.364 e. The van der Waals surface area contributed by atoms with Crippen LogP contribution in [0, 0.1) is 16.0 Å². The highest BCUT2D eigenvalue weighted by Crippen LogP contribution is 2.33. The number of rotatable bonds is 6. The molecule has 0 saturated heterocycles. The highest BCUT2D eigenvalue weighted by molar-refractivity contribution is 6.29. The molecule has 1 aromatic heterocycles. The van der Waals surface area contributed by atoms with E-state index in [1.165, 1.54) is 31.4 Å². The fourth-order valence-electron chi connectivity index (χ4n) is 1.71. The van der Waals surface area contributed by atoms with Crippen molar-refractivity contribution in [1.29, 1.82) is 0 Å². The molecule has 17 heavy (non-hydrogen) atoms. The van der Waals surface area contributed by atoms with Crippen molar-refractivity contribution in [2.24, 2.45) is 5.92 Å². The van der Waals surface area contributed by atoms with Gasteiger partial charge >= 0.3 is 5.69 Å². The van der Waals surface area contributed by atoms with E-state index in [1.807, 2.05) is 0 Å². The summed E-state index contributed by atoms with van der Waals surface area (Å²) in [5, 5.41) is 14.0. The molecule has 0 atom stereocenters. The summed E-state index contributed by atoms with van der Waals surface area (Å²) < 4.78 is 0. The van der Waals surface area contributed by atoms with Gasteiger partial charge in [-0.3, -0.25) is 10.1 Å². The Morgan fingerprint density at radius 2 is 2.29 bits per heavy atom. The zero-order valence-electron chi connectivity index (χ0n) is 9.36. The molecule has 0 unspecified atom stereocenters. The fourth-order valence-corrected chi connectivity index (χ4v) is 1.86. The number of nitrogens with one attached hydrogen (secondary N) is 1.